The zero-order chi connectivity index (χ0) is 12.4. The summed E-state index contributed by atoms with van der Waals surface area (Å²) in [5.41, 5.74) is 5.70. The van der Waals surface area contributed by atoms with Crippen molar-refractivity contribution < 1.29 is 8.42 Å². The third kappa shape index (κ3) is 2.67. The van der Waals surface area contributed by atoms with Gasteiger partial charge in [0.1, 0.15) is 0 Å². The Bertz CT molecular complexity index is 449. The van der Waals surface area contributed by atoms with E-state index >= 15 is 0 Å². The Kier molecular flexibility index (Phi) is 3.50. The first-order valence-corrected chi connectivity index (χ1v) is 7.25. The second-order valence-corrected chi connectivity index (χ2v) is 6.39. The van der Waals surface area contributed by atoms with Crippen LogP contribution in [-0.2, 0) is 10.0 Å². The Morgan fingerprint density at radius 1 is 1.47 bits per heavy atom. The van der Waals surface area contributed by atoms with Crippen LogP contribution in [-0.4, -0.2) is 31.7 Å². The maximum atomic E-state index is 11.9. The van der Waals surface area contributed by atoms with E-state index in [0.717, 1.165) is 25.7 Å². The highest BCUT2D eigenvalue weighted by Gasteiger charge is 2.33. The van der Waals surface area contributed by atoms with E-state index in [1.165, 1.54) is 12.3 Å². The molecule has 1 aliphatic rings. The van der Waals surface area contributed by atoms with Gasteiger partial charge in [-0.05, 0) is 30.9 Å². The minimum Gasteiger partial charge on any atom is -0.330 e. The van der Waals surface area contributed by atoms with Gasteiger partial charge in [0, 0.05) is 6.54 Å². The zero-order valence-electron chi connectivity index (χ0n) is 9.65. The van der Waals surface area contributed by atoms with Crippen LogP contribution in [0.15, 0.2) is 17.3 Å². The Hall–Kier alpha value is -0.920. The Balaban J connectivity index is 2.02. The molecule has 2 rings (SSSR count). The smallest absolute Gasteiger partial charge is 0.257 e. The lowest BCUT2D eigenvalue weighted by Gasteiger charge is -2.26. The quantitative estimate of drug-likeness (QED) is 0.702. The summed E-state index contributed by atoms with van der Waals surface area (Å²) in [4.78, 5) is 0. The topological polar surface area (TPSA) is 101 Å². The van der Waals surface area contributed by atoms with Crippen LogP contribution >= 0.6 is 0 Å². The van der Waals surface area contributed by atoms with Gasteiger partial charge in [0.15, 0.2) is 5.03 Å². The van der Waals surface area contributed by atoms with Crippen molar-refractivity contribution in [2.24, 2.45) is 11.1 Å². The van der Waals surface area contributed by atoms with Gasteiger partial charge in [-0.1, -0.05) is 12.8 Å². The summed E-state index contributed by atoms with van der Waals surface area (Å²) in [6.45, 7) is 0.934. The van der Waals surface area contributed by atoms with Gasteiger partial charge in [0.25, 0.3) is 10.0 Å². The van der Waals surface area contributed by atoms with Crippen molar-refractivity contribution in [1.82, 2.24) is 14.9 Å². The number of nitrogens with zero attached hydrogens (tertiary/aromatic N) is 1. The molecule has 1 heterocycles. The summed E-state index contributed by atoms with van der Waals surface area (Å²) in [7, 11) is -3.48. The number of aromatic amines is 1. The van der Waals surface area contributed by atoms with Crippen LogP contribution in [0, 0.1) is 5.41 Å². The summed E-state index contributed by atoms with van der Waals surface area (Å²) >= 11 is 0. The molecule has 0 atom stereocenters. The number of H-pyrrole nitrogens is 1. The van der Waals surface area contributed by atoms with Crippen LogP contribution in [0.5, 0.6) is 0 Å². The number of hydrogen-bond acceptors (Lipinski definition) is 4. The summed E-state index contributed by atoms with van der Waals surface area (Å²) in [6.07, 6.45) is 5.67. The van der Waals surface area contributed by atoms with E-state index in [9.17, 15) is 8.42 Å². The monoisotopic (exact) mass is 258 g/mol. The van der Waals surface area contributed by atoms with E-state index in [-0.39, 0.29) is 10.4 Å². The van der Waals surface area contributed by atoms with E-state index in [1.54, 1.807) is 0 Å². The minimum atomic E-state index is -3.48. The Morgan fingerprint density at radius 2 is 2.18 bits per heavy atom. The van der Waals surface area contributed by atoms with Gasteiger partial charge in [-0.15, -0.1) is 0 Å². The highest BCUT2D eigenvalue weighted by atomic mass is 32.2. The van der Waals surface area contributed by atoms with Crippen molar-refractivity contribution >= 4 is 10.0 Å². The molecule has 6 nitrogen and oxygen atoms in total. The van der Waals surface area contributed by atoms with Crippen molar-refractivity contribution in [2.45, 2.75) is 30.7 Å². The van der Waals surface area contributed by atoms with E-state index in [1.807, 2.05) is 0 Å². The first-order chi connectivity index (χ1) is 8.08. The van der Waals surface area contributed by atoms with Crippen molar-refractivity contribution in [1.29, 1.82) is 0 Å². The molecular formula is C10H18N4O2S. The van der Waals surface area contributed by atoms with Crippen molar-refractivity contribution in [3.63, 3.8) is 0 Å². The van der Waals surface area contributed by atoms with Crippen molar-refractivity contribution in [3.8, 4) is 0 Å². The summed E-state index contributed by atoms with van der Waals surface area (Å²) in [5.74, 6) is 0. The van der Waals surface area contributed by atoms with E-state index in [2.05, 4.69) is 14.9 Å². The van der Waals surface area contributed by atoms with Gasteiger partial charge in [-0.25, -0.2) is 13.1 Å². The largest absolute Gasteiger partial charge is 0.330 e. The lowest BCUT2D eigenvalue weighted by atomic mass is 9.87. The number of sulfonamides is 1. The van der Waals surface area contributed by atoms with Crippen LogP contribution in [0.3, 0.4) is 0 Å². The van der Waals surface area contributed by atoms with Gasteiger partial charge < -0.3 is 5.73 Å². The molecule has 7 heteroatoms. The van der Waals surface area contributed by atoms with Crippen molar-refractivity contribution in [3.05, 3.63) is 12.3 Å². The molecule has 0 saturated heterocycles. The lowest BCUT2D eigenvalue weighted by Crippen LogP contribution is -2.40. The number of nitrogens with two attached hydrogens (primary N) is 1. The third-order valence-electron chi connectivity index (χ3n) is 3.50. The second kappa shape index (κ2) is 4.75. The van der Waals surface area contributed by atoms with Crippen LogP contribution in [0.25, 0.3) is 0 Å². The maximum absolute atomic E-state index is 11.9. The lowest BCUT2D eigenvalue weighted by molar-refractivity contribution is 0.309. The van der Waals surface area contributed by atoms with Crippen LogP contribution in [0.4, 0.5) is 0 Å². The van der Waals surface area contributed by atoms with Gasteiger partial charge >= 0.3 is 0 Å². The fourth-order valence-corrected chi connectivity index (χ4v) is 3.36. The van der Waals surface area contributed by atoms with Crippen molar-refractivity contribution in [2.75, 3.05) is 13.1 Å². The number of nitrogens with one attached hydrogen (secondary N) is 2. The normalized spacial score (nSPS) is 19.6. The molecule has 0 aliphatic heterocycles. The molecule has 1 saturated carbocycles. The first-order valence-electron chi connectivity index (χ1n) is 5.77. The van der Waals surface area contributed by atoms with Gasteiger partial charge in [0.2, 0.25) is 0 Å². The number of rotatable bonds is 5. The molecule has 1 fully saturated rings. The highest BCUT2D eigenvalue weighted by Crippen LogP contribution is 2.36. The van der Waals surface area contributed by atoms with Gasteiger partial charge in [0.05, 0.1) is 6.20 Å². The Labute approximate surface area is 101 Å². The molecule has 4 N–H and O–H groups in total. The molecule has 1 aromatic rings. The highest BCUT2D eigenvalue weighted by molar-refractivity contribution is 7.89. The Morgan fingerprint density at radius 3 is 2.71 bits per heavy atom. The van der Waals surface area contributed by atoms with Crippen LogP contribution < -0.4 is 10.5 Å². The van der Waals surface area contributed by atoms with Gasteiger partial charge in [-0.3, -0.25) is 5.10 Å². The summed E-state index contributed by atoms with van der Waals surface area (Å²) in [5, 5.41) is 6.19. The molecule has 1 aromatic heterocycles. The minimum absolute atomic E-state index is 0.0624. The van der Waals surface area contributed by atoms with Crippen LogP contribution in [0.1, 0.15) is 25.7 Å². The third-order valence-corrected chi connectivity index (χ3v) is 4.83. The molecule has 1 aliphatic carbocycles. The van der Waals surface area contributed by atoms with E-state index < -0.39 is 10.0 Å². The molecule has 0 bridgehead atoms. The molecule has 0 radical (unpaired) electrons. The SMILES string of the molecule is NCC1(CNS(=O)(=O)c2ccn[nH]2)CCCC1. The number of aromatic nitrogens is 2. The molecule has 0 aromatic carbocycles. The zero-order valence-corrected chi connectivity index (χ0v) is 10.5. The fraction of sp³-hybridized carbons (Fsp3) is 0.700. The molecule has 0 unspecified atom stereocenters. The average molecular weight is 258 g/mol. The van der Waals surface area contributed by atoms with Gasteiger partial charge in [-0.2, -0.15) is 5.10 Å². The van der Waals surface area contributed by atoms with Crippen LogP contribution in [0.2, 0.25) is 0 Å². The number of hydrogen-bond donors (Lipinski definition) is 3. The first kappa shape index (κ1) is 12.5. The van der Waals surface area contributed by atoms with E-state index in [4.69, 9.17) is 5.73 Å². The predicted octanol–water partition coefficient (Wildman–Crippen LogP) is 0.207. The fourth-order valence-electron chi connectivity index (χ4n) is 2.30. The molecule has 17 heavy (non-hydrogen) atoms. The molecular weight excluding hydrogens is 240 g/mol. The maximum Gasteiger partial charge on any atom is 0.257 e. The molecule has 96 valence electrons. The summed E-state index contributed by atoms with van der Waals surface area (Å²) < 4.78 is 26.4. The molecule has 0 spiro atoms. The summed E-state index contributed by atoms with van der Waals surface area (Å²) in [6, 6.07) is 1.44. The van der Waals surface area contributed by atoms with E-state index in [0.29, 0.717) is 13.1 Å². The molecule has 0 amide bonds. The standard InChI is InChI=1S/C10H18N4O2S/c11-7-10(4-1-2-5-10)8-13-17(15,16)9-3-6-12-14-9/h3,6,13H,1-2,4-5,7-8,11H2,(H,12,14). The second-order valence-electron chi connectivity index (χ2n) is 4.66. The predicted molar refractivity (Wildman–Crippen MR) is 63.7 cm³/mol. The average Bonchev–Trinajstić information content (AvgIpc) is 2.99.